The summed E-state index contributed by atoms with van der Waals surface area (Å²) >= 11 is 12.8. The summed E-state index contributed by atoms with van der Waals surface area (Å²) in [6, 6.07) is 14.7. The molecule has 1 amide bonds. The minimum atomic E-state index is -0.302. The molecule has 0 atom stereocenters. The van der Waals surface area contributed by atoms with Gasteiger partial charge < -0.3 is 15.2 Å². The number of aromatic hydroxyl groups is 1. The summed E-state index contributed by atoms with van der Waals surface area (Å²) in [6.07, 6.45) is 0.914. The summed E-state index contributed by atoms with van der Waals surface area (Å²) in [5, 5.41) is 13.5. The third-order valence-corrected chi connectivity index (χ3v) is 5.27. The van der Waals surface area contributed by atoms with Crippen LogP contribution in [0.1, 0.15) is 22.3 Å². The molecule has 30 heavy (non-hydrogen) atoms. The SMILES string of the molecule is CNC(=O)COc1cc(Cl)c(Cc2ccc(O)c(Cc3ccc(F)cc3)c2)c(Cl)c1. The zero-order valence-electron chi connectivity index (χ0n) is 16.2. The number of phenolic OH excluding ortho intramolecular Hbond substituents is 1. The molecule has 2 N–H and O–H groups in total. The maximum atomic E-state index is 13.1. The van der Waals surface area contributed by atoms with Crippen LogP contribution in [0.15, 0.2) is 54.6 Å². The first kappa shape index (κ1) is 21.9. The molecule has 0 spiro atoms. The van der Waals surface area contributed by atoms with Crippen molar-refractivity contribution in [1.29, 1.82) is 0 Å². The second-order valence-electron chi connectivity index (χ2n) is 6.77. The topological polar surface area (TPSA) is 58.6 Å². The Morgan fingerprint density at radius 1 is 1.00 bits per heavy atom. The van der Waals surface area contributed by atoms with Gasteiger partial charge in [0.05, 0.1) is 0 Å². The minimum Gasteiger partial charge on any atom is -0.508 e. The van der Waals surface area contributed by atoms with Crippen molar-refractivity contribution >= 4 is 29.1 Å². The zero-order valence-corrected chi connectivity index (χ0v) is 17.7. The molecule has 3 aromatic rings. The standard InChI is InChI=1S/C23H20Cl2FNO3/c1-27-23(29)13-30-18-11-20(24)19(21(25)12-18)10-15-4-7-22(28)16(9-15)8-14-2-5-17(26)6-3-14/h2-7,9,11-12,28H,8,10,13H2,1H3,(H,27,29). The average Bonchev–Trinajstić information content (AvgIpc) is 2.72. The fourth-order valence-corrected chi connectivity index (χ4v) is 3.57. The van der Waals surface area contributed by atoms with Crippen LogP contribution in [0.4, 0.5) is 4.39 Å². The predicted octanol–water partition coefficient (Wildman–Crippen LogP) is 5.14. The van der Waals surface area contributed by atoms with E-state index in [1.165, 1.54) is 19.2 Å². The Balaban J connectivity index is 1.78. The van der Waals surface area contributed by atoms with Crippen molar-refractivity contribution in [1.82, 2.24) is 5.32 Å². The maximum Gasteiger partial charge on any atom is 0.257 e. The number of ether oxygens (including phenoxy) is 1. The third kappa shape index (κ3) is 5.65. The number of rotatable bonds is 7. The Bertz CT molecular complexity index is 1030. The molecule has 0 bridgehead atoms. The van der Waals surface area contributed by atoms with Crippen molar-refractivity contribution < 1.29 is 19.0 Å². The van der Waals surface area contributed by atoms with Gasteiger partial charge in [0.25, 0.3) is 5.91 Å². The summed E-state index contributed by atoms with van der Waals surface area (Å²) in [5.74, 6) is 0.00567. The van der Waals surface area contributed by atoms with Gasteiger partial charge in [0, 0.05) is 29.9 Å². The fourth-order valence-electron chi connectivity index (χ4n) is 2.97. The molecule has 7 heteroatoms. The van der Waals surface area contributed by atoms with Gasteiger partial charge >= 0.3 is 0 Å². The highest BCUT2D eigenvalue weighted by Crippen LogP contribution is 2.33. The Morgan fingerprint density at radius 2 is 1.63 bits per heavy atom. The van der Waals surface area contributed by atoms with Gasteiger partial charge in [-0.15, -0.1) is 0 Å². The quantitative estimate of drug-likeness (QED) is 0.526. The number of halogens is 3. The van der Waals surface area contributed by atoms with Crippen LogP contribution in [0, 0.1) is 5.82 Å². The first-order valence-corrected chi connectivity index (χ1v) is 9.98. The van der Waals surface area contributed by atoms with Crippen molar-refractivity contribution in [2.45, 2.75) is 12.8 Å². The molecule has 3 aromatic carbocycles. The fraction of sp³-hybridized carbons (Fsp3) is 0.174. The number of likely N-dealkylation sites (N-methyl/N-ethyl adjacent to an activating group) is 1. The second-order valence-corrected chi connectivity index (χ2v) is 7.58. The molecule has 0 saturated carbocycles. The van der Waals surface area contributed by atoms with Gasteiger partial charge in [-0.05, 0) is 52.6 Å². The molecule has 0 unspecified atom stereocenters. The molecular formula is C23H20Cl2FNO3. The Hall–Kier alpha value is -2.76. The summed E-state index contributed by atoms with van der Waals surface area (Å²) in [4.78, 5) is 11.3. The summed E-state index contributed by atoms with van der Waals surface area (Å²) in [6.45, 7) is -0.132. The van der Waals surface area contributed by atoms with Crippen molar-refractivity contribution in [2.24, 2.45) is 0 Å². The molecule has 0 radical (unpaired) electrons. The van der Waals surface area contributed by atoms with Crippen molar-refractivity contribution in [3.05, 3.63) is 92.7 Å². The van der Waals surface area contributed by atoms with E-state index in [4.69, 9.17) is 27.9 Å². The minimum absolute atomic E-state index is 0.132. The molecule has 0 aliphatic heterocycles. The lowest BCUT2D eigenvalue weighted by atomic mass is 9.98. The molecule has 0 aromatic heterocycles. The predicted molar refractivity (Wildman–Crippen MR) is 116 cm³/mol. The van der Waals surface area contributed by atoms with Crippen LogP contribution in [0.2, 0.25) is 10.0 Å². The van der Waals surface area contributed by atoms with E-state index in [-0.39, 0.29) is 24.1 Å². The van der Waals surface area contributed by atoms with Crippen LogP contribution in [0.25, 0.3) is 0 Å². The number of hydrogen-bond donors (Lipinski definition) is 2. The van der Waals surface area contributed by atoms with Crippen LogP contribution in [0.5, 0.6) is 11.5 Å². The van der Waals surface area contributed by atoms with Gasteiger partial charge in [-0.25, -0.2) is 4.39 Å². The average molecular weight is 448 g/mol. The van der Waals surface area contributed by atoms with E-state index < -0.39 is 0 Å². The summed E-state index contributed by atoms with van der Waals surface area (Å²) in [7, 11) is 1.52. The van der Waals surface area contributed by atoms with Crippen LogP contribution < -0.4 is 10.1 Å². The van der Waals surface area contributed by atoms with Gasteiger partial charge in [-0.1, -0.05) is 47.5 Å². The van der Waals surface area contributed by atoms with Crippen molar-refractivity contribution in [3.8, 4) is 11.5 Å². The van der Waals surface area contributed by atoms with E-state index in [2.05, 4.69) is 5.32 Å². The van der Waals surface area contributed by atoms with Gasteiger partial charge in [0.2, 0.25) is 0 Å². The smallest absolute Gasteiger partial charge is 0.257 e. The molecule has 3 rings (SSSR count). The van der Waals surface area contributed by atoms with E-state index in [0.29, 0.717) is 34.2 Å². The summed E-state index contributed by atoms with van der Waals surface area (Å²) < 4.78 is 18.5. The highest BCUT2D eigenvalue weighted by molar-refractivity contribution is 6.36. The van der Waals surface area contributed by atoms with Crippen LogP contribution in [-0.4, -0.2) is 24.7 Å². The van der Waals surface area contributed by atoms with Gasteiger partial charge in [-0.2, -0.15) is 0 Å². The van der Waals surface area contributed by atoms with Gasteiger partial charge in [0.1, 0.15) is 17.3 Å². The Kier molecular flexibility index (Phi) is 7.19. The third-order valence-electron chi connectivity index (χ3n) is 4.60. The molecule has 0 aliphatic carbocycles. The van der Waals surface area contributed by atoms with Crippen LogP contribution in [-0.2, 0) is 17.6 Å². The van der Waals surface area contributed by atoms with Gasteiger partial charge in [-0.3, -0.25) is 4.79 Å². The largest absolute Gasteiger partial charge is 0.508 e. The van der Waals surface area contributed by atoms with E-state index >= 15 is 0 Å². The number of nitrogens with one attached hydrogen (secondary N) is 1. The molecule has 0 heterocycles. The maximum absolute atomic E-state index is 13.1. The van der Waals surface area contributed by atoms with E-state index in [0.717, 1.165) is 16.7 Å². The van der Waals surface area contributed by atoms with Gasteiger partial charge in [0.15, 0.2) is 6.61 Å². The zero-order chi connectivity index (χ0) is 21.7. The number of carbonyl (C=O) groups is 1. The molecule has 4 nitrogen and oxygen atoms in total. The number of phenols is 1. The number of carbonyl (C=O) groups excluding carboxylic acids is 1. The number of amides is 1. The Labute approximate surface area is 184 Å². The number of hydrogen-bond acceptors (Lipinski definition) is 3. The normalized spacial score (nSPS) is 10.7. The number of benzene rings is 3. The highest BCUT2D eigenvalue weighted by atomic mass is 35.5. The first-order chi connectivity index (χ1) is 14.4. The molecule has 0 fully saturated rings. The summed E-state index contributed by atoms with van der Waals surface area (Å²) in [5.41, 5.74) is 3.23. The van der Waals surface area contributed by atoms with Crippen molar-refractivity contribution in [2.75, 3.05) is 13.7 Å². The highest BCUT2D eigenvalue weighted by Gasteiger charge is 2.13. The Morgan fingerprint density at radius 3 is 2.27 bits per heavy atom. The van der Waals surface area contributed by atoms with E-state index in [1.807, 2.05) is 6.07 Å². The lowest BCUT2D eigenvalue weighted by molar-refractivity contribution is -0.122. The lowest BCUT2D eigenvalue weighted by Crippen LogP contribution is -2.24. The second kappa shape index (κ2) is 9.83. The first-order valence-electron chi connectivity index (χ1n) is 9.22. The van der Waals surface area contributed by atoms with E-state index in [1.54, 1.807) is 36.4 Å². The van der Waals surface area contributed by atoms with Crippen LogP contribution in [0.3, 0.4) is 0 Å². The molecule has 156 valence electrons. The van der Waals surface area contributed by atoms with Crippen LogP contribution >= 0.6 is 23.2 Å². The molecule has 0 aliphatic rings. The van der Waals surface area contributed by atoms with E-state index in [9.17, 15) is 14.3 Å². The lowest BCUT2D eigenvalue weighted by Gasteiger charge is -2.13. The molecule has 0 saturated heterocycles. The van der Waals surface area contributed by atoms with Crippen molar-refractivity contribution in [3.63, 3.8) is 0 Å². The monoisotopic (exact) mass is 447 g/mol. The molecular weight excluding hydrogens is 428 g/mol.